The molecular formula is C24H33N5O7S. The van der Waals surface area contributed by atoms with Gasteiger partial charge in [-0.2, -0.15) is 20.9 Å². The highest BCUT2D eigenvalue weighted by molar-refractivity contribution is 7.07. The van der Waals surface area contributed by atoms with Gasteiger partial charge in [0.2, 0.25) is 5.78 Å². The summed E-state index contributed by atoms with van der Waals surface area (Å²) in [5.74, 6) is -4.02. The second kappa shape index (κ2) is 11.9. The van der Waals surface area contributed by atoms with Crippen molar-refractivity contribution < 1.29 is 28.3 Å². The average Bonchev–Trinajstić information content (AvgIpc) is 3.61. The number of aromatic nitrogens is 2. The molecule has 0 saturated carbocycles. The number of thiophene rings is 1. The number of methoxy groups -OCH3 is 1. The lowest BCUT2D eigenvalue weighted by molar-refractivity contribution is -0.146. The van der Waals surface area contributed by atoms with Gasteiger partial charge in [0.1, 0.15) is 0 Å². The Kier molecular flexibility index (Phi) is 9.16. The van der Waals surface area contributed by atoms with Crippen LogP contribution >= 0.6 is 11.3 Å². The van der Waals surface area contributed by atoms with Gasteiger partial charge in [0.25, 0.3) is 17.7 Å². The smallest absolute Gasteiger partial charge is 0.437 e. The van der Waals surface area contributed by atoms with Crippen molar-refractivity contribution in [3.8, 4) is 0 Å². The molecule has 3 heterocycles. The minimum absolute atomic E-state index is 0.155. The van der Waals surface area contributed by atoms with E-state index in [1.54, 1.807) is 32.6 Å². The fourth-order valence-electron chi connectivity index (χ4n) is 4.37. The van der Waals surface area contributed by atoms with Gasteiger partial charge in [-0.25, -0.2) is 9.59 Å². The summed E-state index contributed by atoms with van der Waals surface area (Å²) >= 11 is 1.47. The third-order valence-electron chi connectivity index (χ3n) is 6.37. The lowest BCUT2D eigenvalue weighted by Gasteiger charge is -2.35. The number of ketones is 1. The van der Waals surface area contributed by atoms with E-state index in [0.717, 1.165) is 17.4 Å². The van der Waals surface area contributed by atoms with E-state index < -0.39 is 47.6 Å². The molecule has 2 aromatic rings. The van der Waals surface area contributed by atoms with Gasteiger partial charge in [-0.1, -0.05) is 27.7 Å². The largest absolute Gasteiger partial charge is 0.452 e. The minimum atomic E-state index is -1.14. The van der Waals surface area contributed by atoms with Crippen molar-refractivity contribution in [3.05, 3.63) is 38.8 Å². The van der Waals surface area contributed by atoms with Crippen molar-refractivity contribution in [2.24, 2.45) is 17.6 Å². The Bertz CT molecular complexity index is 1190. The lowest BCUT2D eigenvalue weighted by atomic mass is 9.96. The summed E-state index contributed by atoms with van der Waals surface area (Å²) in [6.07, 6.45) is -0.282. The van der Waals surface area contributed by atoms with E-state index in [-0.39, 0.29) is 24.3 Å². The van der Waals surface area contributed by atoms with Crippen LogP contribution in [0, 0.1) is 11.8 Å². The first-order valence-corrected chi connectivity index (χ1v) is 13.0. The molecule has 3 atom stereocenters. The van der Waals surface area contributed by atoms with E-state index in [1.807, 2.05) is 16.8 Å². The molecule has 12 nitrogen and oxygen atoms in total. The summed E-state index contributed by atoms with van der Waals surface area (Å²) in [4.78, 5) is 67.0. The summed E-state index contributed by atoms with van der Waals surface area (Å²) < 4.78 is 11.0. The molecule has 0 aliphatic carbocycles. The van der Waals surface area contributed by atoms with Crippen LogP contribution in [0.1, 0.15) is 56.8 Å². The van der Waals surface area contributed by atoms with Gasteiger partial charge in [0.15, 0.2) is 0 Å². The number of Topliss-reactive ketones (excluding diaryl/α,β-unsaturated/α-hetero) is 1. The predicted molar refractivity (Wildman–Crippen MR) is 134 cm³/mol. The second-order valence-electron chi connectivity index (χ2n) is 9.66. The van der Waals surface area contributed by atoms with Crippen molar-refractivity contribution in [1.29, 1.82) is 0 Å². The molecule has 3 rings (SSSR count). The van der Waals surface area contributed by atoms with E-state index >= 15 is 0 Å². The molecular weight excluding hydrogens is 502 g/mol. The summed E-state index contributed by atoms with van der Waals surface area (Å²) in [5, 5.41) is 7.83. The third-order valence-corrected chi connectivity index (χ3v) is 7.10. The number of nitrogens with zero attached hydrogens (tertiary/aromatic N) is 4. The Morgan fingerprint density at radius 3 is 2.51 bits per heavy atom. The van der Waals surface area contributed by atoms with Gasteiger partial charge in [0.05, 0.1) is 31.8 Å². The molecule has 202 valence electrons. The van der Waals surface area contributed by atoms with Gasteiger partial charge >= 0.3 is 11.8 Å². The molecule has 0 aromatic carbocycles. The number of ether oxygens (including phenoxy) is 1. The van der Waals surface area contributed by atoms with E-state index in [2.05, 4.69) is 5.10 Å². The predicted octanol–water partition coefficient (Wildman–Crippen LogP) is 1.72. The van der Waals surface area contributed by atoms with Crippen molar-refractivity contribution in [2.75, 3.05) is 13.7 Å². The number of hydrogen-bond donors (Lipinski definition) is 1. The number of hydrogen-bond acceptors (Lipinski definition) is 11. The highest BCUT2D eigenvalue weighted by Gasteiger charge is 2.46. The zero-order valence-corrected chi connectivity index (χ0v) is 22.4. The van der Waals surface area contributed by atoms with Crippen LogP contribution in [0.15, 0.2) is 26.0 Å². The second-order valence-corrected chi connectivity index (χ2v) is 10.4. The van der Waals surface area contributed by atoms with Gasteiger partial charge in [0, 0.05) is 0 Å². The number of amides is 3. The molecule has 13 heteroatoms. The standard InChI is InChI=1S/C24H33N5O7S/c1-13(2)17(25)22(32)29(24(34)35-5)21(31)16-7-6-9-27(16)18(14(3)4)19(30)20-26-28(23(33)36-20)11-15-8-10-37-12-15/h8,10,12-14,16-18H,6-7,9,11,25H2,1-5H3/t16-,17-,18-/m0/s1. The van der Waals surface area contributed by atoms with Crippen LogP contribution in [-0.4, -0.2) is 75.1 Å². The molecule has 1 aliphatic rings. The Morgan fingerprint density at radius 2 is 1.95 bits per heavy atom. The summed E-state index contributed by atoms with van der Waals surface area (Å²) in [5.41, 5.74) is 6.80. The SMILES string of the molecule is COC(=O)N(C(=O)[C@@H](N)C(C)C)C(=O)[C@@H]1CCCN1[C@H](C(=O)c1nn(Cc2ccsc2)c(=O)o1)C(C)C. The number of carbonyl (C=O) groups is 4. The van der Waals surface area contributed by atoms with Gasteiger partial charge in [-0.15, -0.1) is 5.10 Å². The van der Waals surface area contributed by atoms with E-state index in [4.69, 9.17) is 14.9 Å². The first-order chi connectivity index (χ1) is 17.5. The number of rotatable bonds is 9. The topological polar surface area (TPSA) is 158 Å². The number of nitrogens with two attached hydrogens (primary N) is 1. The maximum absolute atomic E-state index is 13.6. The average molecular weight is 536 g/mol. The number of imide groups is 3. The Labute approximate surface area is 218 Å². The molecule has 1 aliphatic heterocycles. The van der Waals surface area contributed by atoms with Gasteiger partial charge < -0.3 is 14.9 Å². The van der Waals surface area contributed by atoms with Crippen LogP contribution in [0.5, 0.6) is 0 Å². The molecule has 0 spiro atoms. The maximum atomic E-state index is 13.6. The highest BCUT2D eigenvalue weighted by Crippen LogP contribution is 2.28. The van der Waals surface area contributed by atoms with Gasteiger partial charge in [-0.05, 0) is 53.6 Å². The van der Waals surface area contributed by atoms with Crippen molar-refractivity contribution >= 4 is 35.0 Å². The van der Waals surface area contributed by atoms with Gasteiger partial charge in [-0.3, -0.25) is 19.3 Å². The molecule has 2 N–H and O–H groups in total. The third kappa shape index (κ3) is 6.05. The number of carbonyl (C=O) groups excluding carboxylic acids is 4. The molecule has 0 bridgehead atoms. The zero-order valence-electron chi connectivity index (χ0n) is 21.6. The van der Waals surface area contributed by atoms with Crippen LogP contribution in [0.4, 0.5) is 4.79 Å². The lowest BCUT2D eigenvalue weighted by Crippen LogP contribution is -2.58. The Balaban J connectivity index is 1.90. The zero-order chi connectivity index (χ0) is 27.4. The summed E-state index contributed by atoms with van der Waals surface area (Å²) in [6, 6.07) is -1.11. The first-order valence-electron chi connectivity index (χ1n) is 12.1. The summed E-state index contributed by atoms with van der Waals surface area (Å²) in [7, 11) is 1.07. The monoisotopic (exact) mass is 535 g/mol. The normalized spacial score (nSPS) is 17.7. The molecule has 1 saturated heterocycles. The molecule has 1 fully saturated rings. The molecule has 3 amide bonds. The molecule has 0 unspecified atom stereocenters. The maximum Gasteiger partial charge on any atom is 0.437 e. The Morgan fingerprint density at radius 1 is 1.24 bits per heavy atom. The highest BCUT2D eigenvalue weighted by atomic mass is 32.1. The Hall–Kier alpha value is -3.16. The van der Waals surface area contributed by atoms with E-state index in [9.17, 15) is 24.0 Å². The van der Waals surface area contributed by atoms with Crippen LogP contribution < -0.4 is 11.5 Å². The van der Waals surface area contributed by atoms with Crippen LogP contribution in [0.2, 0.25) is 0 Å². The van der Waals surface area contributed by atoms with Crippen LogP contribution in [0.25, 0.3) is 0 Å². The first kappa shape index (κ1) is 28.4. The fraction of sp³-hybridized carbons (Fsp3) is 0.583. The minimum Gasteiger partial charge on any atom is -0.452 e. The fourth-order valence-corrected chi connectivity index (χ4v) is 5.03. The molecule has 2 aromatic heterocycles. The van der Waals surface area contributed by atoms with Crippen molar-refractivity contribution in [2.45, 2.75) is 65.2 Å². The summed E-state index contributed by atoms with van der Waals surface area (Å²) in [6.45, 7) is 7.49. The van der Waals surface area contributed by atoms with E-state index in [1.165, 1.54) is 11.3 Å². The molecule has 37 heavy (non-hydrogen) atoms. The van der Waals surface area contributed by atoms with Crippen molar-refractivity contribution in [3.63, 3.8) is 0 Å². The van der Waals surface area contributed by atoms with Crippen LogP contribution in [-0.2, 0) is 20.9 Å². The van der Waals surface area contributed by atoms with Crippen molar-refractivity contribution in [1.82, 2.24) is 19.6 Å². The van der Waals surface area contributed by atoms with E-state index in [0.29, 0.717) is 24.3 Å². The molecule has 0 radical (unpaired) electrons. The number of likely N-dealkylation sites (tertiary alicyclic amines) is 1. The quantitative estimate of drug-likeness (QED) is 0.469. The van der Waals surface area contributed by atoms with Crippen LogP contribution in [0.3, 0.4) is 0 Å².